The molecule has 0 saturated carbocycles. The molecule has 0 radical (unpaired) electrons. The minimum atomic E-state index is -0.281. The van der Waals surface area contributed by atoms with Gasteiger partial charge in [-0.1, -0.05) is 6.07 Å². The molecule has 1 unspecified atom stereocenters. The molecule has 1 atom stereocenters. The molecule has 108 valence electrons. The summed E-state index contributed by atoms with van der Waals surface area (Å²) >= 11 is 0. The summed E-state index contributed by atoms with van der Waals surface area (Å²) in [5.41, 5.74) is 2.68. The summed E-state index contributed by atoms with van der Waals surface area (Å²) in [6, 6.07) is 8.17. The molecule has 0 aliphatic carbocycles. The highest BCUT2D eigenvalue weighted by Gasteiger charge is 2.22. The summed E-state index contributed by atoms with van der Waals surface area (Å²) in [7, 11) is 1.68. The molecule has 0 spiro atoms. The number of hydrogen-bond acceptors (Lipinski definition) is 5. The highest BCUT2D eigenvalue weighted by atomic mass is 16.5. The lowest BCUT2D eigenvalue weighted by atomic mass is 10.1. The van der Waals surface area contributed by atoms with Crippen molar-refractivity contribution in [1.29, 1.82) is 5.26 Å². The first-order valence-electron chi connectivity index (χ1n) is 6.90. The van der Waals surface area contributed by atoms with Crippen LogP contribution in [-0.4, -0.2) is 44.6 Å². The van der Waals surface area contributed by atoms with Gasteiger partial charge in [0.2, 0.25) is 0 Å². The summed E-state index contributed by atoms with van der Waals surface area (Å²) in [4.78, 5) is 2.07. The third kappa shape index (κ3) is 3.70. The lowest BCUT2D eigenvalue weighted by Gasteiger charge is -2.19. The molecule has 1 fully saturated rings. The third-order valence-electron chi connectivity index (χ3n) is 3.50. The summed E-state index contributed by atoms with van der Waals surface area (Å²) in [6.45, 7) is 3.61. The van der Waals surface area contributed by atoms with Crippen molar-refractivity contribution in [3.8, 4) is 6.07 Å². The van der Waals surface area contributed by atoms with E-state index in [1.807, 2.05) is 18.2 Å². The normalized spacial score (nSPS) is 18.2. The lowest BCUT2D eigenvalue weighted by molar-refractivity contribution is 0.198. The van der Waals surface area contributed by atoms with E-state index in [4.69, 9.17) is 4.74 Å². The highest BCUT2D eigenvalue weighted by Crippen LogP contribution is 2.25. The number of hydrogen-bond donors (Lipinski definition) is 2. The number of nitriles is 1. The van der Waals surface area contributed by atoms with Gasteiger partial charge in [0, 0.05) is 33.3 Å². The number of methoxy groups -OCH3 is 1. The maximum atomic E-state index is 9.60. The van der Waals surface area contributed by atoms with Gasteiger partial charge in [0.15, 0.2) is 0 Å². The van der Waals surface area contributed by atoms with Crippen LogP contribution in [0.5, 0.6) is 0 Å². The molecule has 0 amide bonds. The van der Waals surface area contributed by atoms with Gasteiger partial charge in [0.25, 0.3) is 0 Å². The topological polar surface area (TPSA) is 68.5 Å². The van der Waals surface area contributed by atoms with E-state index in [9.17, 15) is 10.4 Å². The molecule has 1 aliphatic heterocycles. The predicted molar refractivity (Wildman–Crippen MR) is 77.6 cm³/mol. The number of benzene rings is 1. The molecule has 1 aromatic carbocycles. The van der Waals surface area contributed by atoms with Gasteiger partial charge in [0.1, 0.15) is 6.07 Å². The summed E-state index contributed by atoms with van der Waals surface area (Å²) in [5, 5.41) is 22.2. The number of aliphatic hydroxyl groups is 1. The minimum Gasteiger partial charge on any atom is -0.391 e. The second-order valence-electron chi connectivity index (χ2n) is 5.02. The zero-order chi connectivity index (χ0) is 14.4. The molecular formula is C15H21N3O2. The van der Waals surface area contributed by atoms with E-state index >= 15 is 0 Å². The van der Waals surface area contributed by atoms with Gasteiger partial charge in [-0.25, -0.2) is 0 Å². The van der Waals surface area contributed by atoms with Gasteiger partial charge in [-0.05, 0) is 24.1 Å². The average molecular weight is 275 g/mol. The fraction of sp³-hybridized carbons (Fsp3) is 0.533. The van der Waals surface area contributed by atoms with Crippen LogP contribution in [0, 0.1) is 11.3 Å². The Morgan fingerprint density at radius 1 is 1.55 bits per heavy atom. The maximum absolute atomic E-state index is 9.60. The van der Waals surface area contributed by atoms with Crippen LogP contribution in [0.2, 0.25) is 0 Å². The maximum Gasteiger partial charge on any atom is 0.101 e. The summed E-state index contributed by atoms with van der Waals surface area (Å²) in [5.74, 6) is 0. The van der Waals surface area contributed by atoms with Crippen LogP contribution >= 0.6 is 0 Å². The molecule has 0 aromatic heterocycles. The second kappa shape index (κ2) is 7.25. The molecule has 5 nitrogen and oxygen atoms in total. The summed E-state index contributed by atoms with van der Waals surface area (Å²) in [6.07, 6.45) is 0.488. The number of ether oxygens (including phenoxy) is 1. The van der Waals surface area contributed by atoms with E-state index < -0.39 is 0 Å². The number of rotatable bonds is 6. The predicted octanol–water partition coefficient (Wildman–Crippen LogP) is 0.865. The van der Waals surface area contributed by atoms with E-state index in [0.717, 1.165) is 37.3 Å². The monoisotopic (exact) mass is 275 g/mol. The Kier molecular flexibility index (Phi) is 5.36. The van der Waals surface area contributed by atoms with Crippen LogP contribution in [-0.2, 0) is 11.3 Å². The molecule has 5 heteroatoms. The zero-order valence-electron chi connectivity index (χ0n) is 11.8. The van der Waals surface area contributed by atoms with Crippen molar-refractivity contribution in [2.75, 3.05) is 38.3 Å². The van der Waals surface area contributed by atoms with Crippen LogP contribution in [0.25, 0.3) is 0 Å². The first kappa shape index (κ1) is 14.8. The zero-order valence-corrected chi connectivity index (χ0v) is 11.8. The molecule has 2 rings (SSSR count). The SMILES string of the molecule is COCCNCc1ccc(N2CCC(O)C2)c(C#N)c1. The van der Waals surface area contributed by atoms with Gasteiger partial charge in [0.05, 0.1) is 24.0 Å². The summed E-state index contributed by atoms with van der Waals surface area (Å²) < 4.78 is 4.98. The van der Waals surface area contributed by atoms with Gasteiger partial charge in [-0.3, -0.25) is 0 Å². The molecule has 0 bridgehead atoms. The van der Waals surface area contributed by atoms with E-state index in [1.165, 1.54) is 0 Å². The Balaban J connectivity index is 2.03. The first-order chi connectivity index (χ1) is 9.74. The standard InChI is InChI=1S/C15H21N3O2/c1-20-7-5-17-10-12-2-3-15(13(8-12)9-16)18-6-4-14(19)11-18/h2-3,8,14,17,19H,4-7,10-11H2,1H3. The van der Waals surface area contributed by atoms with Crippen molar-refractivity contribution in [2.45, 2.75) is 19.1 Å². The molecule has 1 heterocycles. The van der Waals surface area contributed by atoms with Gasteiger partial charge < -0.3 is 20.1 Å². The first-order valence-corrected chi connectivity index (χ1v) is 6.90. The Bertz CT molecular complexity index is 484. The quantitative estimate of drug-likeness (QED) is 0.754. The van der Waals surface area contributed by atoms with Crippen molar-refractivity contribution in [3.63, 3.8) is 0 Å². The fourth-order valence-corrected chi connectivity index (χ4v) is 2.43. The fourth-order valence-electron chi connectivity index (χ4n) is 2.43. The molecule has 20 heavy (non-hydrogen) atoms. The molecule has 1 aliphatic rings. The van der Waals surface area contributed by atoms with Gasteiger partial charge >= 0.3 is 0 Å². The third-order valence-corrected chi connectivity index (χ3v) is 3.50. The van der Waals surface area contributed by atoms with Gasteiger partial charge in [-0.2, -0.15) is 5.26 Å². The highest BCUT2D eigenvalue weighted by molar-refractivity contribution is 5.61. The van der Waals surface area contributed by atoms with Crippen LogP contribution < -0.4 is 10.2 Å². The van der Waals surface area contributed by atoms with Crippen LogP contribution in [0.15, 0.2) is 18.2 Å². The number of β-amino-alcohol motifs (C(OH)–C–C–N with tert-alkyl or cyclic N) is 1. The van der Waals surface area contributed by atoms with Gasteiger partial charge in [-0.15, -0.1) is 0 Å². The number of anilines is 1. The molecule has 2 N–H and O–H groups in total. The number of aliphatic hydroxyl groups excluding tert-OH is 1. The van der Waals surface area contributed by atoms with Crippen LogP contribution in [0.1, 0.15) is 17.5 Å². The van der Waals surface area contributed by atoms with Crippen molar-refractivity contribution in [2.24, 2.45) is 0 Å². The lowest BCUT2D eigenvalue weighted by Crippen LogP contribution is -2.22. The van der Waals surface area contributed by atoms with E-state index in [-0.39, 0.29) is 6.10 Å². The molecule has 1 saturated heterocycles. The molecular weight excluding hydrogens is 254 g/mol. The Morgan fingerprint density at radius 2 is 2.40 bits per heavy atom. The largest absolute Gasteiger partial charge is 0.391 e. The second-order valence-corrected chi connectivity index (χ2v) is 5.02. The van der Waals surface area contributed by atoms with Crippen molar-refractivity contribution >= 4 is 5.69 Å². The van der Waals surface area contributed by atoms with Crippen molar-refractivity contribution in [3.05, 3.63) is 29.3 Å². The Morgan fingerprint density at radius 3 is 3.05 bits per heavy atom. The minimum absolute atomic E-state index is 0.281. The van der Waals surface area contributed by atoms with E-state index in [0.29, 0.717) is 18.7 Å². The molecule has 1 aromatic rings. The Labute approximate surface area is 119 Å². The van der Waals surface area contributed by atoms with E-state index in [2.05, 4.69) is 16.3 Å². The average Bonchev–Trinajstić information content (AvgIpc) is 2.90. The van der Waals surface area contributed by atoms with Crippen molar-refractivity contribution in [1.82, 2.24) is 5.32 Å². The number of nitrogens with zero attached hydrogens (tertiary/aromatic N) is 2. The number of nitrogens with one attached hydrogen (secondary N) is 1. The van der Waals surface area contributed by atoms with Crippen LogP contribution in [0.4, 0.5) is 5.69 Å². The van der Waals surface area contributed by atoms with E-state index in [1.54, 1.807) is 7.11 Å². The van der Waals surface area contributed by atoms with Crippen LogP contribution in [0.3, 0.4) is 0 Å². The Hall–Kier alpha value is -1.61. The smallest absolute Gasteiger partial charge is 0.101 e. The van der Waals surface area contributed by atoms with Crippen molar-refractivity contribution < 1.29 is 9.84 Å².